The highest BCUT2D eigenvalue weighted by Gasteiger charge is 2.03. The van der Waals surface area contributed by atoms with Crippen LogP contribution in [0, 0.1) is 17.1 Å². The van der Waals surface area contributed by atoms with Crippen molar-refractivity contribution in [2.45, 2.75) is 6.42 Å². The van der Waals surface area contributed by atoms with Crippen LogP contribution in [0.2, 0.25) is 0 Å². The molecule has 0 aliphatic rings. The van der Waals surface area contributed by atoms with Gasteiger partial charge in [0.1, 0.15) is 5.82 Å². The third-order valence-corrected chi connectivity index (χ3v) is 2.18. The van der Waals surface area contributed by atoms with Gasteiger partial charge in [-0.3, -0.25) is 0 Å². The second-order valence-electron chi connectivity index (χ2n) is 3.13. The molecular weight excluding hydrogens is 177 g/mol. The number of benzene rings is 2. The maximum Gasteiger partial charge on any atom is 0.128 e. The van der Waals surface area contributed by atoms with E-state index in [9.17, 15) is 4.39 Å². The molecule has 2 aromatic rings. The molecule has 0 saturated carbocycles. The number of rotatable bonds is 1. The van der Waals surface area contributed by atoms with Gasteiger partial charge in [-0.2, -0.15) is 5.26 Å². The van der Waals surface area contributed by atoms with Crippen LogP contribution in [0.3, 0.4) is 0 Å². The molecule has 0 saturated heterocycles. The summed E-state index contributed by atoms with van der Waals surface area (Å²) in [5, 5.41) is 10.3. The molecule has 0 heterocycles. The molecule has 0 amide bonds. The molecule has 14 heavy (non-hydrogen) atoms. The van der Waals surface area contributed by atoms with Crippen molar-refractivity contribution in [3.8, 4) is 6.07 Å². The van der Waals surface area contributed by atoms with Crippen molar-refractivity contribution in [3.05, 3.63) is 47.8 Å². The molecule has 0 unspecified atom stereocenters. The minimum absolute atomic E-state index is 0.122. The van der Waals surface area contributed by atoms with Crippen LogP contribution < -0.4 is 0 Å². The Bertz CT molecular complexity index is 511. The minimum atomic E-state index is -0.301. The van der Waals surface area contributed by atoms with Gasteiger partial charge in [-0.15, -0.1) is 0 Å². The van der Waals surface area contributed by atoms with E-state index in [0.717, 1.165) is 10.8 Å². The lowest BCUT2D eigenvalue weighted by Gasteiger charge is -2.01. The van der Waals surface area contributed by atoms with Gasteiger partial charge in [0.2, 0.25) is 0 Å². The zero-order chi connectivity index (χ0) is 9.97. The Morgan fingerprint density at radius 1 is 1.14 bits per heavy atom. The van der Waals surface area contributed by atoms with Crippen molar-refractivity contribution < 1.29 is 4.39 Å². The predicted molar refractivity (Wildman–Crippen MR) is 53.2 cm³/mol. The van der Waals surface area contributed by atoms with Crippen molar-refractivity contribution in [1.29, 1.82) is 5.26 Å². The van der Waals surface area contributed by atoms with Crippen LogP contribution in [-0.2, 0) is 6.42 Å². The molecule has 2 heteroatoms. The first-order valence-corrected chi connectivity index (χ1v) is 4.35. The van der Waals surface area contributed by atoms with Crippen LogP contribution in [-0.4, -0.2) is 0 Å². The highest BCUT2D eigenvalue weighted by atomic mass is 19.1. The summed E-state index contributed by atoms with van der Waals surface area (Å²) >= 11 is 0. The van der Waals surface area contributed by atoms with E-state index in [1.807, 2.05) is 30.3 Å². The summed E-state index contributed by atoms with van der Waals surface area (Å²) in [6.07, 6.45) is 0.122. The second kappa shape index (κ2) is 3.47. The minimum Gasteiger partial charge on any atom is -0.207 e. The van der Waals surface area contributed by atoms with Crippen molar-refractivity contribution in [2.24, 2.45) is 0 Å². The molecule has 0 bridgehead atoms. The second-order valence-corrected chi connectivity index (χ2v) is 3.13. The summed E-state index contributed by atoms with van der Waals surface area (Å²) in [5.41, 5.74) is 0.464. The van der Waals surface area contributed by atoms with Gasteiger partial charge in [-0.25, -0.2) is 4.39 Å². The van der Waals surface area contributed by atoms with Crippen LogP contribution in [0.1, 0.15) is 5.56 Å². The first kappa shape index (κ1) is 8.71. The number of nitriles is 1. The van der Waals surface area contributed by atoms with Crippen molar-refractivity contribution >= 4 is 10.8 Å². The van der Waals surface area contributed by atoms with E-state index in [2.05, 4.69) is 0 Å². The third kappa shape index (κ3) is 1.45. The van der Waals surface area contributed by atoms with E-state index >= 15 is 0 Å². The SMILES string of the molecule is N#CCc1cc2ccccc2cc1F. The van der Waals surface area contributed by atoms with E-state index in [1.54, 1.807) is 6.07 Å². The van der Waals surface area contributed by atoms with Crippen LogP contribution in [0.4, 0.5) is 4.39 Å². The highest BCUT2D eigenvalue weighted by Crippen LogP contribution is 2.19. The van der Waals surface area contributed by atoms with Crippen molar-refractivity contribution in [3.63, 3.8) is 0 Å². The summed E-state index contributed by atoms with van der Waals surface area (Å²) in [4.78, 5) is 0. The lowest BCUT2D eigenvalue weighted by molar-refractivity contribution is 0.617. The molecule has 0 aliphatic heterocycles. The summed E-state index contributed by atoms with van der Waals surface area (Å²) < 4.78 is 13.4. The summed E-state index contributed by atoms with van der Waals surface area (Å²) in [6.45, 7) is 0. The van der Waals surface area contributed by atoms with Gasteiger partial charge in [0.25, 0.3) is 0 Å². The Hall–Kier alpha value is -1.88. The fourth-order valence-corrected chi connectivity index (χ4v) is 1.48. The average molecular weight is 185 g/mol. The average Bonchev–Trinajstić information content (AvgIpc) is 2.19. The van der Waals surface area contributed by atoms with E-state index < -0.39 is 0 Å². The molecule has 2 aromatic carbocycles. The van der Waals surface area contributed by atoms with E-state index in [4.69, 9.17) is 5.26 Å². The van der Waals surface area contributed by atoms with E-state index in [1.165, 1.54) is 6.07 Å². The molecule has 0 aliphatic carbocycles. The lowest BCUT2D eigenvalue weighted by atomic mass is 10.0. The van der Waals surface area contributed by atoms with Crippen LogP contribution >= 0.6 is 0 Å². The van der Waals surface area contributed by atoms with Gasteiger partial charge >= 0.3 is 0 Å². The first-order chi connectivity index (χ1) is 6.81. The van der Waals surface area contributed by atoms with E-state index in [0.29, 0.717) is 5.56 Å². The zero-order valence-electron chi connectivity index (χ0n) is 7.50. The van der Waals surface area contributed by atoms with Crippen LogP contribution in [0.5, 0.6) is 0 Å². The number of fused-ring (bicyclic) bond motifs is 1. The molecule has 2 rings (SSSR count). The molecular formula is C12H8FN. The van der Waals surface area contributed by atoms with E-state index in [-0.39, 0.29) is 12.2 Å². The number of halogens is 1. The number of nitrogens with zero attached hydrogens (tertiary/aromatic N) is 1. The standard InChI is InChI=1S/C12H8FN/c13-12-8-10-4-2-1-3-9(10)7-11(12)5-6-14/h1-4,7-8H,5H2. The van der Waals surface area contributed by atoms with Gasteiger partial charge in [-0.1, -0.05) is 24.3 Å². The zero-order valence-corrected chi connectivity index (χ0v) is 7.50. The maximum absolute atomic E-state index is 13.4. The molecule has 0 N–H and O–H groups in total. The topological polar surface area (TPSA) is 23.8 Å². The Morgan fingerprint density at radius 2 is 1.79 bits per heavy atom. The Labute approximate surface area is 81.4 Å². The number of hydrogen-bond acceptors (Lipinski definition) is 1. The highest BCUT2D eigenvalue weighted by molar-refractivity contribution is 5.83. The maximum atomic E-state index is 13.4. The smallest absolute Gasteiger partial charge is 0.128 e. The first-order valence-electron chi connectivity index (χ1n) is 4.35. The molecule has 0 spiro atoms. The lowest BCUT2D eigenvalue weighted by Crippen LogP contribution is -1.88. The summed E-state index contributed by atoms with van der Waals surface area (Å²) in [6, 6.07) is 12.7. The van der Waals surface area contributed by atoms with Gasteiger partial charge < -0.3 is 0 Å². The van der Waals surface area contributed by atoms with Crippen molar-refractivity contribution in [2.75, 3.05) is 0 Å². The van der Waals surface area contributed by atoms with Gasteiger partial charge in [0, 0.05) is 5.56 Å². The summed E-state index contributed by atoms with van der Waals surface area (Å²) in [5.74, 6) is -0.301. The molecule has 0 fully saturated rings. The fraction of sp³-hybridized carbons (Fsp3) is 0.0833. The Kier molecular flexibility index (Phi) is 2.16. The summed E-state index contributed by atoms with van der Waals surface area (Å²) in [7, 11) is 0. The van der Waals surface area contributed by atoms with Crippen molar-refractivity contribution in [1.82, 2.24) is 0 Å². The molecule has 1 nitrogen and oxygen atoms in total. The normalized spacial score (nSPS) is 10.0. The Balaban J connectivity index is 2.66. The monoisotopic (exact) mass is 185 g/mol. The largest absolute Gasteiger partial charge is 0.207 e. The predicted octanol–water partition coefficient (Wildman–Crippen LogP) is 3.04. The van der Waals surface area contributed by atoms with Crippen LogP contribution in [0.25, 0.3) is 10.8 Å². The molecule has 0 radical (unpaired) electrons. The fourth-order valence-electron chi connectivity index (χ4n) is 1.48. The van der Waals surface area contributed by atoms with Gasteiger partial charge in [0.05, 0.1) is 12.5 Å². The molecule has 68 valence electrons. The Morgan fingerprint density at radius 3 is 2.43 bits per heavy atom. The molecule has 0 aromatic heterocycles. The van der Waals surface area contributed by atoms with Gasteiger partial charge in [-0.05, 0) is 22.9 Å². The van der Waals surface area contributed by atoms with Crippen LogP contribution in [0.15, 0.2) is 36.4 Å². The van der Waals surface area contributed by atoms with Gasteiger partial charge in [0.15, 0.2) is 0 Å². The third-order valence-electron chi connectivity index (χ3n) is 2.18. The number of hydrogen-bond donors (Lipinski definition) is 0. The molecule has 0 atom stereocenters. The quantitative estimate of drug-likeness (QED) is 0.669.